The first-order valence-corrected chi connectivity index (χ1v) is 8.87. The van der Waals surface area contributed by atoms with E-state index in [4.69, 9.17) is 0 Å². The van der Waals surface area contributed by atoms with Gasteiger partial charge in [-0.25, -0.2) is 9.78 Å². The first-order chi connectivity index (χ1) is 11.7. The number of carbonyl (C=O) groups excluding carboxylic acids is 2. The number of nitrogens with zero attached hydrogens (tertiary/aromatic N) is 2. The molecule has 0 saturated carbocycles. The molecule has 0 aliphatic carbocycles. The molecule has 0 aromatic carbocycles. The molecule has 3 rings (SSSR count). The fourth-order valence-electron chi connectivity index (χ4n) is 2.70. The highest BCUT2D eigenvalue weighted by atomic mass is 32.1. The minimum atomic E-state index is -0.0756. The number of rotatable bonds is 4. The minimum absolute atomic E-state index is 0.0210. The first-order valence-electron chi connectivity index (χ1n) is 7.99. The van der Waals surface area contributed by atoms with Crippen molar-refractivity contribution in [3.05, 3.63) is 46.8 Å². The summed E-state index contributed by atoms with van der Waals surface area (Å²) in [5, 5.41) is 7.75. The van der Waals surface area contributed by atoms with Crippen LogP contribution in [0.4, 0.5) is 10.6 Å². The predicted octanol–water partition coefficient (Wildman–Crippen LogP) is 2.70. The molecule has 126 valence electrons. The molecular formula is C17H20N4O2S. The third-order valence-electron chi connectivity index (χ3n) is 4.06. The third-order valence-corrected chi connectivity index (χ3v) is 4.94. The maximum Gasteiger partial charge on any atom is 0.317 e. The molecule has 1 fully saturated rings. The molecule has 3 amide bonds. The van der Waals surface area contributed by atoms with Crippen LogP contribution in [0.2, 0.25) is 0 Å². The average molecular weight is 344 g/mol. The Morgan fingerprint density at radius 2 is 2.04 bits per heavy atom. The quantitative estimate of drug-likeness (QED) is 0.895. The predicted molar refractivity (Wildman–Crippen MR) is 93.7 cm³/mol. The van der Waals surface area contributed by atoms with Crippen molar-refractivity contribution in [3.63, 3.8) is 0 Å². The van der Waals surface area contributed by atoms with E-state index in [-0.39, 0.29) is 17.9 Å². The van der Waals surface area contributed by atoms with Crippen molar-refractivity contribution in [1.29, 1.82) is 0 Å². The summed E-state index contributed by atoms with van der Waals surface area (Å²) in [6.07, 6.45) is 2.99. The Kier molecular flexibility index (Phi) is 5.43. The molecule has 6 nitrogen and oxygen atoms in total. The van der Waals surface area contributed by atoms with E-state index in [1.165, 1.54) is 0 Å². The van der Waals surface area contributed by atoms with Crippen molar-refractivity contribution >= 4 is 29.1 Å². The summed E-state index contributed by atoms with van der Waals surface area (Å²) >= 11 is 1.62. The largest absolute Gasteiger partial charge is 0.333 e. The number of aromatic nitrogens is 1. The Labute approximate surface area is 144 Å². The fraction of sp³-hybridized carbons (Fsp3) is 0.353. The van der Waals surface area contributed by atoms with E-state index in [1.807, 2.05) is 29.6 Å². The molecular weight excluding hydrogens is 324 g/mol. The molecule has 7 heteroatoms. The molecule has 1 aliphatic rings. The van der Waals surface area contributed by atoms with Crippen LogP contribution in [0, 0.1) is 5.92 Å². The van der Waals surface area contributed by atoms with E-state index >= 15 is 0 Å². The molecule has 0 spiro atoms. The molecule has 2 N–H and O–H groups in total. The lowest BCUT2D eigenvalue weighted by atomic mass is 9.96. The highest BCUT2D eigenvalue weighted by Gasteiger charge is 2.27. The fourth-order valence-corrected chi connectivity index (χ4v) is 3.34. The third kappa shape index (κ3) is 4.32. The number of piperidine rings is 1. The summed E-state index contributed by atoms with van der Waals surface area (Å²) in [6, 6.07) is 9.32. The van der Waals surface area contributed by atoms with E-state index in [2.05, 4.69) is 15.6 Å². The van der Waals surface area contributed by atoms with Gasteiger partial charge < -0.3 is 15.5 Å². The number of urea groups is 1. The number of likely N-dealkylation sites (tertiary alicyclic amines) is 1. The van der Waals surface area contributed by atoms with E-state index in [0.717, 1.165) is 4.88 Å². The Hall–Kier alpha value is -2.41. The molecule has 0 atom stereocenters. The van der Waals surface area contributed by atoms with Gasteiger partial charge in [0.15, 0.2) is 0 Å². The Morgan fingerprint density at radius 3 is 2.71 bits per heavy atom. The summed E-state index contributed by atoms with van der Waals surface area (Å²) in [4.78, 5) is 31.4. The lowest BCUT2D eigenvalue weighted by Crippen LogP contribution is -2.45. The van der Waals surface area contributed by atoms with Crippen molar-refractivity contribution in [2.45, 2.75) is 19.4 Å². The maximum atomic E-state index is 12.3. The van der Waals surface area contributed by atoms with E-state index in [0.29, 0.717) is 38.3 Å². The normalized spacial score (nSPS) is 15.1. The zero-order valence-corrected chi connectivity index (χ0v) is 14.1. The molecule has 0 bridgehead atoms. The summed E-state index contributed by atoms with van der Waals surface area (Å²) in [5.41, 5.74) is 0. The molecule has 2 aromatic heterocycles. The van der Waals surface area contributed by atoms with Crippen LogP contribution in [0.15, 0.2) is 41.9 Å². The molecule has 3 heterocycles. The molecule has 24 heavy (non-hydrogen) atoms. The number of amides is 3. The van der Waals surface area contributed by atoms with Crippen molar-refractivity contribution in [2.75, 3.05) is 18.4 Å². The summed E-state index contributed by atoms with van der Waals surface area (Å²) in [6.45, 7) is 1.74. The van der Waals surface area contributed by atoms with Crippen molar-refractivity contribution in [1.82, 2.24) is 15.2 Å². The van der Waals surface area contributed by atoms with Crippen LogP contribution in [0.25, 0.3) is 0 Å². The lowest BCUT2D eigenvalue weighted by Gasteiger charge is -2.31. The van der Waals surface area contributed by atoms with Crippen LogP contribution in [0.5, 0.6) is 0 Å². The van der Waals surface area contributed by atoms with Gasteiger partial charge in [-0.3, -0.25) is 4.79 Å². The SMILES string of the molecule is O=C(Nc1ccccn1)C1CCN(C(=O)NCc2cccs2)CC1. The number of carbonyl (C=O) groups is 2. The van der Waals surface area contributed by atoms with Crippen LogP contribution in [-0.2, 0) is 11.3 Å². The number of nitrogens with one attached hydrogen (secondary N) is 2. The van der Waals surface area contributed by atoms with Crippen LogP contribution in [0.3, 0.4) is 0 Å². The minimum Gasteiger partial charge on any atom is -0.333 e. The van der Waals surface area contributed by atoms with Gasteiger partial charge in [-0.05, 0) is 36.4 Å². The monoisotopic (exact) mass is 344 g/mol. The maximum absolute atomic E-state index is 12.3. The van der Waals surface area contributed by atoms with Gasteiger partial charge in [0.25, 0.3) is 0 Å². The Bertz CT molecular complexity index is 667. The highest BCUT2D eigenvalue weighted by molar-refractivity contribution is 7.09. The lowest BCUT2D eigenvalue weighted by molar-refractivity contribution is -0.121. The van der Waals surface area contributed by atoms with Gasteiger partial charge in [0, 0.05) is 30.1 Å². The molecule has 0 radical (unpaired) electrons. The average Bonchev–Trinajstić information content (AvgIpc) is 3.14. The van der Waals surface area contributed by atoms with E-state index in [1.54, 1.807) is 28.5 Å². The second-order valence-corrected chi connectivity index (χ2v) is 6.74. The van der Waals surface area contributed by atoms with Crippen LogP contribution >= 0.6 is 11.3 Å². The van der Waals surface area contributed by atoms with Gasteiger partial charge in [0.05, 0.1) is 6.54 Å². The highest BCUT2D eigenvalue weighted by Crippen LogP contribution is 2.19. The smallest absolute Gasteiger partial charge is 0.317 e. The number of hydrogen-bond acceptors (Lipinski definition) is 4. The Balaban J connectivity index is 1.43. The van der Waals surface area contributed by atoms with Gasteiger partial charge in [-0.2, -0.15) is 0 Å². The van der Waals surface area contributed by atoms with Crippen molar-refractivity contribution in [2.24, 2.45) is 5.92 Å². The first kappa shape index (κ1) is 16.4. The zero-order valence-electron chi connectivity index (χ0n) is 13.3. The summed E-state index contributed by atoms with van der Waals surface area (Å²) in [5.74, 6) is 0.472. The number of pyridine rings is 1. The molecule has 2 aromatic rings. The molecule has 0 unspecified atom stereocenters. The number of thiophene rings is 1. The van der Waals surface area contributed by atoms with Crippen LogP contribution in [0.1, 0.15) is 17.7 Å². The van der Waals surface area contributed by atoms with Crippen molar-refractivity contribution in [3.8, 4) is 0 Å². The van der Waals surface area contributed by atoms with E-state index in [9.17, 15) is 9.59 Å². The van der Waals surface area contributed by atoms with E-state index < -0.39 is 0 Å². The topological polar surface area (TPSA) is 74.3 Å². The number of anilines is 1. The Morgan fingerprint density at radius 1 is 1.21 bits per heavy atom. The second kappa shape index (κ2) is 7.92. The number of hydrogen-bond donors (Lipinski definition) is 2. The standard InChI is InChI=1S/C17H20N4O2S/c22-16(20-15-5-1-2-8-18-15)13-6-9-21(10-7-13)17(23)19-12-14-4-3-11-24-14/h1-5,8,11,13H,6-7,9-10,12H2,(H,19,23)(H,18,20,22). The van der Waals surface area contributed by atoms with Gasteiger partial charge in [0.1, 0.15) is 5.82 Å². The molecule has 1 saturated heterocycles. The van der Waals surface area contributed by atoms with Crippen LogP contribution in [-0.4, -0.2) is 34.9 Å². The second-order valence-electron chi connectivity index (χ2n) is 5.70. The van der Waals surface area contributed by atoms with Crippen molar-refractivity contribution < 1.29 is 9.59 Å². The summed E-state index contributed by atoms with van der Waals surface area (Å²) in [7, 11) is 0. The van der Waals surface area contributed by atoms with Gasteiger partial charge in [0.2, 0.25) is 5.91 Å². The molecule has 1 aliphatic heterocycles. The van der Waals surface area contributed by atoms with Gasteiger partial charge >= 0.3 is 6.03 Å². The summed E-state index contributed by atoms with van der Waals surface area (Å²) < 4.78 is 0. The van der Waals surface area contributed by atoms with Crippen LogP contribution < -0.4 is 10.6 Å². The van der Waals surface area contributed by atoms with Gasteiger partial charge in [-0.1, -0.05) is 12.1 Å². The zero-order chi connectivity index (χ0) is 16.8. The van der Waals surface area contributed by atoms with Gasteiger partial charge in [-0.15, -0.1) is 11.3 Å².